The van der Waals surface area contributed by atoms with Crippen molar-refractivity contribution in [1.29, 1.82) is 5.26 Å². The van der Waals surface area contributed by atoms with Crippen LogP contribution in [0.25, 0.3) is 0 Å². The van der Waals surface area contributed by atoms with Crippen LogP contribution in [0.3, 0.4) is 0 Å². The van der Waals surface area contributed by atoms with E-state index in [-0.39, 0.29) is 6.03 Å². The number of carbonyl (C=O) groups is 1. The number of benzene rings is 1. The predicted octanol–water partition coefficient (Wildman–Crippen LogP) is 2.97. The highest BCUT2D eigenvalue weighted by atomic mass is 16.2. The number of hydrogen-bond acceptors (Lipinski definition) is 2. The number of urea groups is 1. The lowest BCUT2D eigenvalue weighted by molar-refractivity contribution is 0.214. The van der Waals surface area contributed by atoms with E-state index in [9.17, 15) is 4.79 Å². The fourth-order valence-corrected chi connectivity index (χ4v) is 2.14. The normalized spacial score (nSPS) is 15.6. The molecule has 0 bridgehead atoms. The summed E-state index contributed by atoms with van der Waals surface area (Å²) in [5, 5.41) is 11.7. The van der Waals surface area contributed by atoms with Gasteiger partial charge in [-0.3, -0.25) is 0 Å². The largest absolute Gasteiger partial charge is 0.325 e. The molecule has 2 amide bonds. The minimum absolute atomic E-state index is 0.0630. The van der Waals surface area contributed by atoms with E-state index in [0.717, 1.165) is 25.9 Å². The summed E-state index contributed by atoms with van der Waals surface area (Å²) in [5.74, 6) is 0. The maximum absolute atomic E-state index is 12.1. The minimum atomic E-state index is -0.0630. The van der Waals surface area contributed by atoms with E-state index in [1.807, 2.05) is 4.90 Å². The second-order valence-corrected chi connectivity index (χ2v) is 4.52. The van der Waals surface area contributed by atoms with Crippen LogP contribution in [0.1, 0.15) is 31.2 Å². The summed E-state index contributed by atoms with van der Waals surface area (Å²) in [6.07, 6.45) is 4.55. The van der Waals surface area contributed by atoms with Gasteiger partial charge in [-0.05, 0) is 31.0 Å². The molecule has 1 fully saturated rings. The monoisotopic (exact) mass is 243 g/mol. The number of nitrogens with zero attached hydrogens (tertiary/aromatic N) is 2. The van der Waals surface area contributed by atoms with Crippen LogP contribution in [-0.2, 0) is 0 Å². The Morgan fingerprint density at radius 3 is 2.61 bits per heavy atom. The van der Waals surface area contributed by atoms with Crippen LogP contribution in [0.2, 0.25) is 0 Å². The summed E-state index contributed by atoms with van der Waals surface area (Å²) < 4.78 is 0. The van der Waals surface area contributed by atoms with E-state index in [0.29, 0.717) is 11.3 Å². The van der Waals surface area contributed by atoms with Crippen LogP contribution in [-0.4, -0.2) is 24.0 Å². The topological polar surface area (TPSA) is 56.1 Å². The van der Waals surface area contributed by atoms with Crippen molar-refractivity contribution in [1.82, 2.24) is 4.90 Å². The molecule has 1 aromatic carbocycles. The lowest BCUT2D eigenvalue weighted by Crippen LogP contribution is -2.35. The standard InChI is InChI=1S/C14H17N3O/c15-11-12-6-5-7-13(10-12)16-14(18)17-8-3-1-2-4-9-17/h5-7,10H,1-4,8-9H2,(H,16,18). The smallest absolute Gasteiger partial charge is 0.321 e. The summed E-state index contributed by atoms with van der Waals surface area (Å²) in [6.45, 7) is 1.65. The van der Waals surface area contributed by atoms with Crippen LogP contribution in [0.15, 0.2) is 24.3 Å². The highest BCUT2D eigenvalue weighted by Crippen LogP contribution is 2.13. The van der Waals surface area contributed by atoms with Gasteiger partial charge in [0.1, 0.15) is 0 Å². The molecule has 1 aromatic rings. The van der Waals surface area contributed by atoms with Gasteiger partial charge in [-0.25, -0.2) is 4.79 Å². The van der Waals surface area contributed by atoms with Gasteiger partial charge in [0.05, 0.1) is 11.6 Å². The molecule has 1 aliphatic rings. The van der Waals surface area contributed by atoms with Crippen molar-refractivity contribution in [3.8, 4) is 6.07 Å². The lowest BCUT2D eigenvalue weighted by Gasteiger charge is -2.20. The van der Waals surface area contributed by atoms with Crippen molar-refractivity contribution in [3.05, 3.63) is 29.8 Å². The van der Waals surface area contributed by atoms with Crippen LogP contribution in [0.5, 0.6) is 0 Å². The molecule has 1 saturated heterocycles. The zero-order valence-electron chi connectivity index (χ0n) is 10.4. The maximum atomic E-state index is 12.1. The predicted molar refractivity (Wildman–Crippen MR) is 70.2 cm³/mol. The lowest BCUT2D eigenvalue weighted by atomic mass is 10.2. The van der Waals surface area contributed by atoms with Gasteiger partial charge in [0.2, 0.25) is 0 Å². The first-order valence-corrected chi connectivity index (χ1v) is 6.36. The summed E-state index contributed by atoms with van der Waals surface area (Å²) >= 11 is 0. The van der Waals surface area contributed by atoms with Crippen LogP contribution in [0.4, 0.5) is 10.5 Å². The second kappa shape index (κ2) is 6.06. The summed E-state index contributed by atoms with van der Waals surface area (Å²) in [6, 6.07) is 8.99. The number of rotatable bonds is 1. The molecule has 0 radical (unpaired) electrons. The van der Waals surface area contributed by atoms with E-state index < -0.39 is 0 Å². The average molecular weight is 243 g/mol. The van der Waals surface area contributed by atoms with Gasteiger partial charge < -0.3 is 10.2 Å². The third-order valence-corrected chi connectivity index (χ3v) is 3.14. The van der Waals surface area contributed by atoms with Crippen molar-refractivity contribution in [3.63, 3.8) is 0 Å². The molecule has 1 aliphatic heterocycles. The molecule has 0 atom stereocenters. The molecule has 0 aliphatic carbocycles. The second-order valence-electron chi connectivity index (χ2n) is 4.52. The highest BCUT2D eigenvalue weighted by Gasteiger charge is 2.15. The van der Waals surface area contributed by atoms with E-state index in [4.69, 9.17) is 5.26 Å². The van der Waals surface area contributed by atoms with Crippen LogP contribution >= 0.6 is 0 Å². The molecule has 94 valence electrons. The van der Waals surface area contributed by atoms with E-state index in [2.05, 4.69) is 11.4 Å². The number of anilines is 1. The van der Waals surface area contributed by atoms with Gasteiger partial charge in [-0.15, -0.1) is 0 Å². The van der Waals surface area contributed by atoms with Gasteiger partial charge in [0.25, 0.3) is 0 Å². The van der Waals surface area contributed by atoms with E-state index >= 15 is 0 Å². The van der Waals surface area contributed by atoms with Crippen LogP contribution in [0, 0.1) is 11.3 Å². The Morgan fingerprint density at radius 1 is 1.22 bits per heavy atom. The number of nitriles is 1. The molecule has 1 heterocycles. The number of amides is 2. The zero-order valence-corrected chi connectivity index (χ0v) is 10.4. The first kappa shape index (κ1) is 12.4. The molecular weight excluding hydrogens is 226 g/mol. The summed E-state index contributed by atoms with van der Waals surface area (Å²) in [7, 11) is 0. The van der Waals surface area contributed by atoms with Gasteiger partial charge in [-0.2, -0.15) is 5.26 Å². The Bertz CT molecular complexity index is 456. The quantitative estimate of drug-likeness (QED) is 0.824. The Balaban J connectivity index is 1.99. The molecule has 1 N–H and O–H groups in total. The minimum Gasteiger partial charge on any atom is -0.325 e. The fourth-order valence-electron chi connectivity index (χ4n) is 2.14. The SMILES string of the molecule is N#Cc1cccc(NC(=O)N2CCCCCC2)c1. The Hall–Kier alpha value is -2.02. The molecule has 0 saturated carbocycles. The van der Waals surface area contributed by atoms with Crippen molar-refractivity contribution >= 4 is 11.7 Å². The molecule has 4 nitrogen and oxygen atoms in total. The average Bonchev–Trinajstić information content (AvgIpc) is 2.68. The molecule has 0 unspecified atom stereocenters. The van der Waals surface area contributed by atoms with Gasteiger partial charge in [0.15, 0.2) is 0 Å². The highest BCUT2D eigenvalue weighted by molar-refractivity contribution is 5.89. The molecule has 2 rings (SSSR count). The maximum Gasteiger partial charge on any atom is 0.321 e. The van der Waals surface area contributed by atoms with E-state index in [1.54, 1.807) is 24.3 Å². The van der Waals surface area contributed by atoms with Gasteiger partial charge in [-0.1, -0.05) is 18.9 Å². The number of carbonyl (C=O) groups excluding carboxylic acids is 1. The van der Waals surface area contributed by atoms with Crippen molar-refractivity contribution in [2.24, 2.45) is 0 Å². The third-order valence-electron chi connectivity index (χ3n) is 3.14. The Morgan fingerprint density at radius 2 is 1.94 bits per heavy atom. The first-order valence-electron chi connectivity index (χ1n) is 6.36. The molecular formula is C14H17N3O. The van der Waals surface area contributed by atoms with E-state index in [1.165, 1.54) is 12.8 Å². The zero-order chi connectivity index (χ0) is 12.8. The number of hydrogen-bond donors (Lipinski definition) is 1. The molecule has 18 heavy (non-hydrogen) atoms. The van der Waals surface area contributed by atoms with Gasteiger partial charge in [0, 0.05) is 18.8 Å². The fraction of sp³-hybridized carbons (Fsp3) is 0.429. The van der Waals surface area contributed by atoms with Crippen molar-refractivity contribution in [2.75, 3.05) is 18.4 Å². The molecule has 4 heteroatoms. The first-order chi connectivity index (χ1) is 8.79. The number of likely N-dealkylation sites (tertiary alicyclic amines) is 1. The number of nitrogens with one attached hydrogen (secondary N) is 1. The molecule has 0 spiro atoms. The third kappa shape index (κ3) is 3.24. The van der Waals surface area contributed by atoms with Crippen LogP contribution < -0.4 is 5.32 Å². The summed E-state index contributed by atoms with van der Waals surface area (Å²) in [4.78, 5) is 13.9. The van der Waals surface area contributed by atoms with Gasteiger partial charge >= 0.3 is 6.03 Å². The Labute approximate surface area is 107 Å². The Kier molecular flexibility index (Phi) is 4.19. The van der Waals surface area contributed by atoms with Crippen molar-refractivity contribution < 1.29 is 4.79 Å². The summed E-state index contributed by atoms with van der Waals surface area (Å²) in [5.41, 5.74) is 1.24. The van der Waals surface area contributed by atoms with Crippen molar-refractivity contribution in [2.45, 2.75) is 25.7 Å². The molecule has 0 aromatic heterocycles.